The van der Waals surface area contributed by atoms with Gasteiger partial charge < -0.3 is 9.47 Å². The van der Waals surface area contributed by atoms with Crippen LogP contribution in [-0.4, -0.2) is 23.4 Å². The Morgan fingerprint density at radius 3 is 1.58 bits per heavy atom. The highest BCUT2D eigenvalue weighted by Gasteiger charge is 2.21. The smallest absolute Gasteiger partial charge is 0.417 e. The number of carbonyl (C=O) groups is 2. The number of rotatable bonds is 0. The maximum Gasteiger partial charge on any atom is 0.417 e. The predicted octanol–water partition coefficient (Wildman–Crippen LogP) is 4.31. The third-order valence-corrected chi connectivity index (χ3v) is 2.18. The fourth-order valence-corrected chi connectivity index (χ4v) is 1.32. The molecule has 0 radical (unpaired) electrons. The fourth-order valence-electron chi connectivity index (χ4n) is 1.32. The minimum Gasteiger partial charge on any atom is -0.443 e. The first-order valence-electron chi connectivity index (χ1n) is 7.52. The Kier molecular flexibility index (Phi) is 7.97. The van der Waals surface area contributed by atoms with Gasteiger partial charge in [-0.25, -0.2) is 14.9 Å². The number of benzene rings is 1. The molecule has 6 nitrogen and oxygen atoms in total. The lowest BCUT2D eigenvalue weighted by molar-refractivity contribution is 0.0353. The van der Waals surface area contributed by atoms with Crippen molar-refractivity contribution in [3.05, 3.63) is 35.4 Å². The molecule has 24 heavy (non-hydrogen) atoms. The Morgan fingerprint density at radius 2 is 1.29 bits per heavy atom. The molecule has 0 saturated carbocycles. The molecule has 0 fully saturated rings. The average Bonchev–Trinajstić information content (AvgIpc) is 2.35. The molecule has 0 aliphatic rings. The lowest BCUT2D eigenvalue weighted by Gasteiger charge is -2.21. The molecule has 0 unspecified atom stereocenters. The van der Waals surface area contributed by atoms with Crippen LogP contribution in [0.2, 0.25) is 0 Å². The van der Waals surface area contributed by atoms with Crippen molar-refractivity contribution in [1.82, 2.24) is 5.32 Å². The Balaban J connectivity index is 0.000000496. The van der Waals surface area contributed by atoms with Gasteiger partial charge in [0.15, 0.2) is 0 Å². The van der Waals surface area contributed by atoms with Crippen LogP contribution in [0.1, 0.15) is 52.7 Å². The van der Waals surface area contributed by atoms with Gasteiger partial charge in [0.25, 0.3) is 0 Å². The Labute approximate surface area is 143 Å². The first kappa shape index (κ1) is 21.4. The normalized spacial score (nSPS) is 10.6. The second kappa shape index (κ2) is 8.92. The first-order chi connectivity index (χ1) is 10.8. The first-order valence-corrected chi connectivity index (χ1v) is 7.52. The predicted molar refractivity (Wildman–Crippen MR) is 91.5 cm³/mol. The van der Waals surface area contributed by atoms with E-state index in [2.05, 4.69) is 6.07 Å². The van der Waals surface area contributed by atoms with Crippen LogP contribution in [0.4, 0.5) is 9.59 Å². The summed E-state index contributed by atoms with van der Waals surface area (Å²) in [6, 6.07) is 9.54. The van der Waals surface area contributed by atoms with Crippen molar-refractivity contribution >= 4 is 12.2 Å². The molecular weight excluding hydrogens is 308 g/mol. The van der Waals surface area contributed by atoms with Crippen molar-refractivity contribution in [1.29, 1.82) is 5.26 Å². The standard InChI is InChI=1S/C10H19NO4.C8H7N/c1-9(2,3)14-7(12)11-8(13)15-10(4,5)6;1-7-2-4-8(6-9)5-3-7/h1-6H3,(H,11,12,13);2-5H,1H3. The molecule has 1 N–H and O–H groups in total. The van der Waals surface area contributed by atoms with Crippen molar-refractivity contribution in [2.24, 2.45) is 0 Å². The summed E-state index contributed by atoms with van der Waals surface area (Å²) in [4.78, 5) is 22.2. The van der Waals surface area contributed by atoms with E-state index in [1.165, 1.54) is 5.56 Å². The lowest BCUT2D eigenvalue weighted by atomic mass is 10.2. The molecule has 1 aromatic carbocycles. The summed E-state index contributed by atoms with van der Waals surface area (Å²) in [5.74, 6) is 0. The SMILES string of the molecule is CC(C)(C)OC(=O)NC(=O)OC(C)(C)C.Cc1ccc(C#N)cc1. The molecule has 0 atom stereocenters. The van der Waals surface area contributed by atoms with Gasteiger partial charge in [0.05, 0.1) is 11.6 Å². The van der Waals surface area contributed by atoms with Crippen molar-refractivity contribution in [3.63, 3.8) is 0 Å². The number of amides is 2. The number of alkyl carbamates (subject to hydrolysis) is 2. The van der Waals surface area contributed by atoms with Crippen LogP contribution in [-0.2, 0) is 9.47 Å². The van der Waals surface area contributed by atoms with Gasteiger partial charge in [-0.3, -0.25) is 0 Å². The topological polar surface area (TPSA) is 88.4 Å². The molecule has 6 heteroatoms. The van der Waals surface area contributed by atoms with Gasteiger partial charge in [-0.05, 0) is 60.6 Å². The van der Waals surface area contributed by atoms with Crippen molar-refractivity contribution < 1.29 is 19.1 Å². The molecule has 1 rings (SSSR count). The zero-order chi connectivity index (χ0) is 19.0. The van der Waals surface area contributed by atoms with Crippen LogP contribution in [0, 0.1) is 18.3 Å². The molecule has 2 amide bonds. The molecule has 0 bridgehead atoms. The highest BCUT2D eigenvalue weighted by atomic mass is 16.6. The molecule has 0 aliphatic carbocycles. The summed E-state index contributed by atoms with van der Waals surface area (Å²) >= 11 is 0. The van der Waals surface area contributed by atoms with Crippen molar-refractivity contribution in [2.45, 2.75) is 59.7 Å². The van der Waals surface area contributed by atoms with Crippen LogP contribution in [0.25, 0.3) is 0 Å². The Morgan fingerprint density at radius 1 is 0.917 bits per heavy atom. The van der Waals surface area contributed by atoms with Crippen molar-refractivity contribution in [3.8, 4) is 6.07 Å². The molecule has 1 aromatic rings. The van der Waals surface area contributed by atoms with Gasteiger partial charge in [-0.2, -0.15) is 5.26 Å². The van der Waals surface area contributed by atoms with Gasteiger partial charge in [0.1, 0.15) is 11.2 Å². The van der Waals surface area contributed by atoms with Gasteiger partial charge in [-0.1, -0.05) is 17.7 Å². The number of carbonyl (C=O) groups excluding carboxylic acids is 2. The van der Waals surface area contributed by atoms with E-state index in [0.717, 1.165) is 5.56 Å². The van der Waals surface area contributed by atoms with Crippen LogP contribution < -0.4 is 5.32 Å². The highest BCUT2D eigenvalue weighted by molar-refractivity contribution is 5.87. The van der Waals surface area contributed by atoms with E-state index in [1.54, 1.807) is 41.5 Å². The van der Waals surface area contributed by atoms with E-state index in [-0.39, 0.29) is 0 Å². The molecule has 0 aliphatic heterocycles. The van der Waals surface area contributed by atoms with Crippen molar-refractivity contribution in [2.75, 3.05) is 0 Å². The van der Waals surface area contributed by atoms with Crippen LogP contribution >= 0.6 is 0 Å². The number of nitrogens with zero attached hydrogens (tertiary/aromatic N) is 1. The van der Waals surface area contributed by atoms with Crippen LogP contribution in [0.15, 0.2) is 24.3 Å². The number of nitriles is 1. The third-order valence-electron chi connectivity index (χ3n) is 2.18. The van der Waals surface area contributed by atoms with Crippen LogP contribution in [0.3, 0.4) is 0 Å². The average molecular weight is 334 g/mol. The van der Waals surface area contributed by atoms with Gasteiger partial charge in [0, 0.05) is 0 Å². The van der Waals surface area contributed by atoms with E-state index in [0.29, 0.717) is 0 Å². The zero-order valence-electron chi connectivity index (χ0n) is 15.4. The summed E-state index contributed by atoms with van der Waals surface area (Å²) in [6.45, 7) is 12.3. The quantitative estimate of drug-likeness (QED) is 0.763. The van der Waals surface area contributed by atoms with Gasteiger partial charge >= 0.3 is 12.2 Å². The number of hydrogen-bond donors (Lipinski definition) is 1. The third kappa shape index (κ3) is 12.0. The van der Waals surface area contributed by atoms with Gasteiger partial charge in [0.2, 0.25) is 0 Å². The molecule has 0 aromatic heterocycles. The number of imide groups is 1. The molecule has 132 valence electrons. The lowest BCUT2D eigenvalue weighted by Crippen LogP contribution is -2.39. The molecule has 0 heterocycles. The second-order valence-corrected chi connectivity index (χ2v) is 7.11. The summed E-state index contributed by atoms with van der Waals surface area (Å²) in [5.41, 5.74) is 0.646. The Hall–Kier alpha value is -2.55. The maximum absolute atomic E-state index is 11.1. The van der Waals surface area contributed by atoms with E-state index in [9.17, 15) is 9.59 Å². The number of hydrogen-bond acceptors (Lipinski definition) is 5. The largest absolute Gasteiger partial charge is 0.443 e. The highest BCUT2D eigenvalue weighted by Crippen LogP contribution is 2.08. The second-order valence-electron chi connectivity index (χ2n) is 7.11. The fraction of sp³-hybridized carbons (Fsp3) is 0.500. The molecule has 0 saturated heterocycles. The molecule has 0 spiro atoms. The van der Waals surface area contributed by atoms with E-state index in [1.807, 2.05) is 36.5 Å². The summed E-state index contributed by atoms with van der Waals surface area (Å²) in [7, 11) is 0. The number of aryl methyl sites for hydroxylation is 1. The maximum atomic E-state index is 11.1. The van der Waals surface area contributed by atoms with E-state index in [4.69, 9.17) is 14.7 Å². The minimum absolute atomic E-state index is 0.633. The van der Waals surface area contributed by atoms with E-state index >= 15 is 0 Å². The van der Waals surface area contributed by atoms with E-state index < -0.39 is 23.4 Å². The minimum atomic E-state index is -0.809. The Bertz CT molecular complexity index is 561. The summed E-state index contributed by atoms with van der Waals surface area (Å²) < 4.78 is 9.74. The van der Waals surface area contributed by atoms with Gasteiger partial charge in [-0.15, -0.1) is 0 Å². The molecular formula is C18H26N2O4. The zero-order valence-corrected chi connectivity index (χ0v) is 15.4. The number of nitrogens with one attached hydrogen (secondary N) is 1. The summed E-state index contributed by atoms with van der Waals surface area (Å²) in [6.07, 6.45) is -1.62. The number of ether oxygens (including phenoxy) is 2. The van der Waals surface area contributed by atoms with Crippen LogP contribution in [0.5, 0.6) is 0 Å². The summed E-state index contributed by atoms with van der Waals surface area (Å²) in [5, 5.41) is 10.3. The monoisotopic (exact) mass is 334 g/mol.